The van der Waals surface area contributed by atoms with Gasteiger partial charge in [0.05, 0.1) is 7.11 Å². The van der Waals surface area contributed by atoms with Crippen LogP contribution in [0.15, 0.2) is 48.5 Å². The summed E-state index contributed by atoms with van der Waals surface area (Å²) in [5.74, 6) is 1.29. The lowest BCUT2D eigenvalue weighted by Crippen LogP contribution is -2.72. The predicted molar refractivity (Wildman–Crippen MR) is 89.5 cm³/mol. The molecule has 1 aliphatic rings. The van der Waals surface area contributed by atoms with Gasteiger partial charge in [0.15, 0.2) is 12.3 Å². The number of carbonyl (C=O) groups excluding carboxylic acids is 1. The van der Waals surface area contributed by atoms with Gasteiger partial charge in [-0.25, -0.2) is 5.32 Å². The highest BCUT2D eigenvalue weighted by Gasteiger charge is 2.33. The van der Waals surface area contributed by atoms with Crippen LogP contribution in [-0.2, 0) is 11.3 Å². The van der Waals surface area contributed by atoms with Crippen LogP contribution in [-0.4, -0.2) is 30.4 Å². The number of methoxy groups -OCH3 is 1. The molecule has 5 nitrogen and oxygen atoms in total. The lowest BCUT2D eigenvalue weighted by molar-refractivity contribution is -0.438. The molecule has 0 saturated carbocycles. The van der Waals surface area contributed by atoms with E-state index in [-0.39, 0.29) is 12.5 Å². The van der Waals surface area contributed by atoms with Crippen molar-refractivity contribution in [3.63, 3.8) is 0 Å². The first-order valence-electron chi connectivity index (χ1n) is 7.23. The molecule has 6 heteroatoms. The molecule has 0 saturated heterocycles. The average molecular weight is 331 g/mol. The van der Waals surface area contributed by atoms with Crippen molar-refractivity contribution in [2.75, 3.05) is 19.0 Å². The number of rotatable bonds is 4. The summed E-state index contributed by atoms with van der Waals surface area (Å²) in [5, 5.41) is 3.79. The first-order valence-corrected chi connectivity index (χ1v) is 7.61. The van der Waals surface area contributed by atoms with Crippen molar-refractivity contribution in [3.8, 4) is 5.75 Å². The normalized spacial score (nSPS) is 13.9. The fourth-order valence-electron chi connectivity index (χ4n) is 2.43. The van der Waals surface area contributed by atoms with Crippen molar-refractivity contribution in [2.24, 2.45) is 0 Å². The number of ether oxygens (including phenoxy) is 1. The van der Waals surface area contributed by atoms with Gasteiger partial charge in [-0.2, -0.15) is 4.90 Å². The number of hydrogen-bond acceptors (Lipinski definition) is 3. The minimum atomic E-state index is 0.0114. The molecule has 2 aromatic rings. The van der Waals surface area contributed by atoms with Crippen molar-refractivity contribution in [3.05, 3.63) is 59.1 Å². The van der Waals surface area contributed by atoms with E-state index < -0.39 is 0 Å². The van der Waals surface area contributed by atoms with Gasteiger partial charge in [-0.1, -0.05) is 41.9 Å². The maximum Gasteiger partial charge on any atom is 0.359 e. The molecule has 0 aromatic heterocycles. The monoisotopic (exact) mass is 330 g/mol. The van der Waals surface area contributed by atoms with Crippen LogP contribution in [0.4, 0.5) is 5.69 Å². The largest absolute Gasteiger partial charge is 0.493 e. The molecule has 118 valence electrons. The van der Waals surface area contributed by atoms with Crippen LogP contribution in [0, 0.1) is 0 Å². The van der Waals surface area contributed by atoms with Crippen molar-refractivity contribution >= 4 is 29.2 Å². The summed E-state index contributed by atoms with van der Waals surface area (Å²) in [7, 11) is 1.59. The van der Waals surface area contributed by atoms with E-state index in [4.69, 9.17) is 16.3 Å². The van der Waals surface area contributed by atoms with Crippen LogP contribution in [0.1, 0.15) is 5.56 Å². The van der Waals surface area contributed by atoms with Crippen LogP contribution in [0.5, 0.6) is 5.75 Å². The SMILES string of the molecule is COc1ccc(Cl)cc1NC1=[NH+]CC(=O)N1Cc1ccccc1. The van der Waals surface area contributed by atoms with Gasteiger partial charge in [0, 0.05) is 5.02 Å². The van der Waals surface area contributed by atoms with Crippen molar-refractivity contribution in [1.29, 1.82) is 0 Å². The number of hydrogen-bond donors (Lipinski definition) is 2. The Morgan fingerprint density at radius 3 is 2.78 bits per heavy atom. The Morgan fingerprint density at radius 2 is 2.04 bits per heavy atom. The highest BCUT2D eigenvalue weighted by Crippen LogP contribution is 2.27. The molecule has 2 N–H and O–H groups in total. The quantitative estimate of drug-likeness (QED) is 0.887. The third kappa shape index (κ3) is 3.46. The second-order valence-corrected chi connectivity index (χ2v) is 5.57. The zero-order chi connectivity index (χ0) is 16.2. The third-order valence-corrected chi connectivity index (χ3v) is 3.81. The highest BCUT2D eigenvalue weighted by molar-refractivity contribution is 6.31. The molecular weight excluding hydrogens is 314 g/mol. The summed E-state index contributed by atoms with van der Waals surface area (Å²) >= 11 is 6.05. The molecule has 0 atom stereocenters. The second-order valence-electron chi connectivity index (χ2n) is 5.14. The molecule has 1 amide bonds. The van der Waals surface area contributed by atoms with Crippen molar-refractivity contribution < 1.29 is 14.5 Å². The molecule has 0 aliphatic carbocycles. The van der Waals surface area contributed by atoms with E-state index in [1.807, 2.05) is 30.3 Å². The van der Waals surface area contributed by atoms with Gasteiger partial charge in [0.25, 0.3) is 0 Å². The van der Waals surface area contributed by atoms with Gasteiger partial charge in [-0.05, 0) is 23.8 Å². The molecule has 0 spiro atoms. The fourth-order valence-corrected chi connectivity index (χ4v) is 2.60. The Morgan fingerprint density at radius 1 is 1.26 bits per heavy atom. The standard InChI is InChI=1S/C17H16ClN3O2/c1-23-15-8-7-13(18)9-14(15)20-17-19-10-16(22)21(17)11-12-5-3-2-4-6-12/h2-9H,10-11H2,1H3,(H,19,20)/p+1. The molecule has 0 bridgehead atoms. The minimum absolute atomic E-state index is 0.0114. The average Bonchev–Trinajstić information content (AvgIpc) is 2.89. The molecule has 3 rings (SSSR count). The van der Waals surface area contributed by atoms with Crippen LogP contribution in [0.25, 0.3) is 0 Å². The lowest BCUT2D eigenvalue weighted by Gasteiger charge is -2.14. The van der Waals surface area contributed by atoms with E-state index in [1.165, 1.54) is 0 Å². The Hall–Kier alpha value is -2.53. The topological polar surface area (TPSA) is 55.5 Å². The van der Waals surface area contributed by atoms with E-state index in [0.717, 1.165) is 5.56 Å². The summed E-state index contributed by atoms with van der Waals surface area (Å²) in [5.41, 5.74) is 1.76. The van der Waals surface area contributed by atoms with Crippen LogP contribution >= 0.6 is 11.6 Å². The summed E-state index contributed by atoms with van der Waals surface area (Å²) in [6, 6.07) is 15.1. The first kappa shape index (κ1) is 15.4. The molecule has 0 fully saturated rings. The number of nitrogens with one attached hydrogen (secondary N) is 2. The van der Waals surface area contributed by atoms with Crippen LogP contribution < -0.4 is 15.0 Å². The molecule has 1 aliphatic heterocycles. The van der Waals surface area contributed by atoms with Crippen molar-refractivity contribution in [2.45, 2.75) is 6.54 Å². The number of guanidine groups is 1. The van der Waals surface area contributed by atoms with Gasteiger partial charge >= 0.3 is 11.9 Å². The first-order chi connectivity index (χ1) is 11.2. The highest BCUT2D eigenvalue weighted by atomic mass is 35.5. The summed E-state index contributed by atoms with van der Waals surface area (Å²) in [6.07, 6.45) is 0. The summed E-state index contributed by atoms with van der Waals surface area (Å²) in [6.45, 7) is 0.760. The second kappa shape index (κ2) is 6.71. The molecular formula is C17H17ClN3O2+. The Labute approximate surface area is 139 Å². The maximum absolute atomic E-state index is 12.1. The third-order valence-electron chi connectivity index (χ3n) is 3.58. The molecule has 0 radical (unpaired) electrons. The van der Waals surface area contributed by atoms with Gasteiger partial charge in [-0.3, -0.25) is 9.79 Å². The smallest absolute Gasteiger partial charge is 0.359 e. The fraction of sp³-hybridized carbons (Fsp3) is 0.176. The molecule has 1 heterocycles. The van der Waals surface area contributed by atoms with Gasteiger partial charge in [-0.15, -0.1) is 0 Å². The van der Waals surface area contributed by atoms with Gasteiger partial charge in [0.1, 0.15) is 12.2 Å². The number of carbonyl (C=O) groups is 1. The molecule has 2 aromatic carbocycles. The van der Waals surface area contributed by atoms with Gasteiger partial charge in [0.2, 0.25) is 0 Å². The Balaban J connectivity index is 1.81. The van der Waals surface area contributed by atoms with E-state index in [1.54, 1.807) is 30.2 Å². The lowest BCUT2D eigenvalue weighted by atomic mass is 10.2. The van der Waals surface area contributed by atoms with Crippen LogP contribution in [0.2, 0.25) is 5.02 Å². The zero-order valence-corrected chi connectivity index (χ0v) is 13.4. The van der Waals surface area contributed by atoms with E-state index >= 15 is 0 Å². The van der Waals surface area contributed by atoms with Crippen LogP contribution in [0.3, 0.4) is 0 Å². The summed E-state index contributed by atoms with van der Waals surface area (Å²) < 4.78 is 5.33. The van der Waals surface area contributed by atoms with E-state index in [9.17, 15) is 4.79 Å². The maximum atomic E-state index is 12.1. The summed E-state index contributed by atoms with van der Waals surface area (Å²) in [4.78, 5) is 16.9. The number of nitrogens with zero attached hydrogens (tertiary/aromatic N) is 1. The van der Waals surface area contributed by atoms with E-state index in [2.05, 4.69) is 10.3 Å². The number of benzene rings is 2. The zero-order valence-electron chi connectivity index (χ0n) is 12.7. The number of anilines is 1. The Bertz CT molecular complexity index is 747. The number of halogens is 1. The Kier molecular flexibility index (Phi) is 4.48. The van der Waals surface area contributed by atoms with Gasteiger partial charge < -0.3 is 4.74 Å². The van der Waals surface area contributed by atoms with Crippen molar-refractivity contribution in [1.82, 2.24) is 4.90 Å². The number of amides is 1. The molecule has 23 heavy (non-hydrogen) atoms. The minimum Gasteiger partial charge on any atom is -0.493 e. The predicted octanol–water partition coefficient (Wildman–Crippen LogP) is 1.24. The van der Waals surface area contributed by atoms with E-state index in [0.29, 0.717) is 29.0 Å². The molecule has 0 unspecified atom stereocenters.